The van der Waals surface area contributed by atoms with Crippen LogP contribution in [0.25, 0.3) is 0 Å². The van der Waals surface area contributed by atoms with Crippen LogP contribution in [0.3, 0.4) is 0 Å². The summed E-state index contributed by atoms with van der Waals surface area (Å²) in [6.07, 6.45) is 13.1. The molecular weight excluding hydrogens is 536 g/mol. The first-order chi connectivity index (χ1) is 21.1. The van der Waals surface area contributed by atoms with Gasteiger partial charge < -0.3 is 24.1 Å². The van der Waals surface area contributed by atoms with Crippen LogP contribution < -0.4 is 9.47 Å². The Hall–Kier alpha value is -6.64. The largest absolute Gasteiger partial charge is 0.491 e. The molecule has 0 spiro atoms. The molecule has 0 saturated heterocycles. The van der Waals surface area contributed by atoms with Gasteiger partial charge in [-0.2, -0.15) is 0 Å². The Morgan fingerprint density at radius 3 is 1.37 bits per heavy atom. The third kappa shape index (κ3) is 12.8. The van der Waals surface area contributed by atoms with Crippen LogP contribution in [0, 0.1) is 120 Å². The Morgan fingerprint density at radius 1 is 0.581 bits per heavy atom. The van der Waals surface area contributed by atoms with Gasteiger partial charge in [-0.05, 0) is 71.6 Å². The van der Waals surface area contributed by atoms with E-state index in [0.29, 0.717) is 35.8 Å². The first-order valence-electron chi connectivity index (χ1n) is 12.4. The van der Waals surface area contributed by atoms with Crippen LogP contribution in [0.1, 0.15) is 35.4 Å². The van der Waals surface area contributed by atoms with Crippen molar-refractivity contribution in [3.05, 3.63) is 59.7 Å². The average molecular weight is 593 g/mol. The molecule has 1 N–H and O–H groups in total. The highest BCUT2D eigenvalue weighted by molar-refractivity contribution is 5.47. The molecule has 0 aliphatic carbocycles. The van der Waals surface area contributed by atoms with Gasteiger partial charge in [-0.25, -0.2) is 0 Å². The van der Waals surface area contributed by atoms with E-state index in [1.807, 2.05) is 0 Å². The SMILES string of the molecule is C#CC#CC#CC#CC#CC#CC#CC#CC#COCCOc1ccc(C(O)(C#C)c2ccc(OCCOC)cc2)cc1.[HH].[HH].[HH].[HH].[HH].[HH].[HH].[HH].[HH].[HH].[HH].[HH].[HH].[HH].[HH].[HH].[HH]. The van der Waals surface area contributed by atoms with E-state index in [4.69, 9.17) is 31.8 Å². The maximum atomic E-state index is 11.2. The van der Waals surface area contributed by atoms with Gasteiger partial charge in [0.05, 0.1) is 6.61 Å². The minimum absolute atomic E-state index is 0. The van der Waals surface area contributed by atoms with Crippen molar-refractivity contribution in [1.82, 2.24) is 0 Å². The van der Waals surface area contributed by atoms with Gasteiger partial charge in [0.15, 0.2) is 5.60 Å². The molecule has 2 aromatic carbocycles. The Kier molecular flexibility index (Phi) is 15.4. The zero-order valence-electron chi connectivity index (χ0n) is 23.2. The molecule has 0 radical (unpaired) electrons. The van der Waals surface area contributed by atoms with E-state index in [9.17, 15) is 5.11 Å². The van der Waals surface area contributed by atoms with Crippen molar-refractivity contribution in [3.63, 3.8) is 0 Å². The molecule has 5 heteroatoms. The van der Waals surface area contributed by atoms with Crippen molar-refractivity contribution in [1.29, 1.82) is 0 Å². The van der Waals surface area contributed by atoms with Crippen LogP contribution in [-0.2, 0) is 15.1 Å². The molecule has 0 aromatic heterocycles. The van der Waals surface area contributed by atoms with Gasteiger partial charge in [0, 0.05) is 89.9 Å². The fraction of sp³-hybridized carbons (Fsp3) is 0.158. The predicted octanol–water partition coefficient (Wildman–Crippen LogP) is 6.78. The van der Waals surface area contributed by atoms with Crippen LogP contribution in [0.2, 0.25) is 0 Å². The average Bonchev–Trinajstić information content (AvgIpc) is 3.04. The molecule has 0 aliphatic rings. The third-order valence-electron chi connectivity index (χ3n) is 4.83. The molecule has 0 fully saturated rings. The van der Waals surface area contributed by atoms with Crippen LogP contribution in [-0.4, -0.2) is 38.6 Å². The van der Waals surface area contributed by atoms with E-state index in [2.05, 4.69) is 107 Å². The highest BCUT2D eigenvalue weighted by atomic mass is 16.5. The van der Waals surface area contributed by atoms with E-state index >= 15 is 0 Å². The molecule has 2 aromatic rings. The first kappa shape index (κ1) is 32.6. The lowest BCUT2D eigenvalue weighted by molar-refractivity contribution is 0.143. The second-order valence-corrected chi connectivity index (χ2v) is 7.56. The van der Waals surface area contributed by atoms with Gasteiger partial charge in [0.2, 0.25) is 0 Å². The van der Waals surface area contributed by atoms with Gasteiger partial charge in [0.1, 0.15) is 37.4 Å². The van der Waals surface area contributed by atoms with E-state index < -0.39 is 5.60 Å². The van der Waals surface area contributed by atoms with Crippen LogP contribution >= 0.6 is 0 Å². The molecule has 0 aliphatic heterocycles. The fourth-order valence-electron chi connectivity index (χ4n) is 2.92. The molecule has 0 heterocycles. The number of benzene rings is 2. The summed E-state index contributed by atoms with van der Waals surface area (Å²) in [7, 11) is 1.60. The molecule has 43 heavy (non-hydrogen) atoms. The second kappa shape index (κ2) is 20.3. The Bertz CT molecular complexity index is 1900. The molecule has 1 unspecified atom stereocenters. The van der Waals surface area contributed by atoms with Crippen molar-refractivity contribution in [2.45, 2.75) is 5.60 Å². The van der Waals surface area contributed by atoms with Gasteiger partial charge in [0.25, 0.3) is 0 Å². The number of methoxy groups -OCH3 is 1. The smallest absolute Gasteiger partial charge is 0.176 e. The lowest BCUT2D eigenvalue weighted by Gasteiger charge is -2.24. The number of hydrogen-bond donors (Lipinski definition) is 1. The van der Waals surface area contributed by atoms with Gasteiger partial charge in [-0.15, -0.1) is 12.8 Å². The topological polar surface area (TPSA) is 57.2 Å². The number of hydrogen-bond acceptors (Lipinski definition) is 5. The summed E-state index contributed by atoms with van der Waals surface area (Å²) in [6, 6.07) is 13.8. The Morgan fingerprint density at radius 2 is 0.977 bits per heavy atom. The summed E-state index contributed by atoms with van der Waals surface area (Å²) in [5.74, 6) is 43.1. The third-order valence-corrected chi connectivity index (χ3v) is 4.83. The minimum atomic E-state index is -1.61. The molecule has 2 rings (SSSR count). The number of terminal acetylenes is 2. The minimum Gasteiger partial charge on any atom is -0.491 e. The standard InChI is InChI=1S/C38H22O5.17H2/c1-4-6-7-8-9-10-11-12-13-14-15-16-17-18-19-20-29-41-31-33-43-37-27-23-35(24-28-37)38(39,5-2)34-21-25-36(26-22-34)42-32-30-40-3;;;;;;;;;;;;;;;;;/h1-2,21-28,39H,30-33H2,3H3;17*1H. The number of aliphatic hydroxyl groups is 1. The maximum absolute atomic E-state index is 11.2. The normalized spacial score (nSPS) is 9.21. The van der Waals surface area contributed by atoms with E-state index in [1.54, 1.807) is 55.6 Å². The molecule has 0 bridgehead atoms. The molecule has 0 amide bonds. The van der Waals surface area contributed by atoms with E-state index in [1.165, 1.54) is 0 Å². The summed E-state index contributed by atoms with van der Waals surface area (Å²) in [6.45, 7) is 1.36. The second-order valence-electron chi connectivity index (χ2n) is 7.56. The lowest BCUT2D eigenvalue weighted by atomic mass is 9.87. The summed E-state index contributed by atoms with van der Waals surface area (Å²) >= 11 is 0. The quantitative estimate of drug-likeness (QED) is 0.244. The monoisotopic (exact) mass is 592 g/mol. The van der Waals surface area contributed by atoms with Gasteiger partial charge >= 0.3 is 0 Å². The van der Waals surface area contributed by atoms with E-state index in [-0.39, 0.29) is 37.5 Å². The number of rotatable bonds is 10. The van der Waals surface area contributed by atoms with Crippen molar-refractivity contribution in [2.75, 3.05) is 33.5 Å². The molecule has 0 saturated carbocycles. The van der Waals surface area contributed by atoms with Crippen LogP contribution in [0.4, 0.5) is 0 Å². The zero-order chi connectivity index (χ0) is 30.9. The maximum Gasteiger partial charge on any atom is 0.176 e. The molecular formula is C38H56O5. The lowest BCUT2D eigenvalue weighted by Crippen LogP contribution is -2.25. The Labute approximate surface area is 278 Å². The summed E-state index contributed by atoms with van der Waals surface area (Å²) in [4.78, 5) is 0. The number of ether oxygens (including phenoxy) is 4. The predicted molar refractivity (Wildman–Crippen MR) is 201 cm³/mol. The van der Waals surface area contributed by atoms with Crippen molar-refractivity contribution >= 4 is 0 Å². The molecule has 5 nitrogen and oxygen atoms in total. The van der Waals surface area contributed by atoms with Crippen molar-refractivity contribution in [2.24, 2.45) is 0 Å². The zero-order valence-corrected chi connectivity index (χ0v) is 23.2. The summed E-state index contributed by atoms with van der Waals surface area (Å²) < 4.78 is 21.3. The summed E-state index contributed by atoms with van der Waals surface area (Å²) in [5.41, 5.74) is -0.546. The van der Waals surface area contributed by atoms with Gasteiger partial charge in [-0.3, -0.25) is 0 Å². The molecule has 238 valence electrons. The van der Waals surface area contributed by atoms with Gasteiger partial charge in [-0.1, -0.05) is 30.2 Å². The highest BCUT2D eigenvalue weighted by Crippen LogP contribution is 2.31. The van der Waals surface area contributed by atoms with Crippen LogP contribution in [0.5, 0.6) is 11.5 Å². The highest BCUT2D eigenvalue weighted by Gasteiger charge is 2.29. The fourth-order valence-corrected chi connectivity index (χ4v) is 2.92. The van der Waals surface area contributed by atoms with Crippen LogP contribution in [0.15, 0.2) is 48.5 Å². The summed E-state index contributed by atoms with van der Waals surface area (Å²) in [5, 5.41) is 11.2. The van der Waals surface area contributed by atoms with Crippen molar-refractivity contribution < 1.29 is 48.3 Å². The van der Waals surface area contributed by atoms with Crippen molar-refractivity contribution in [3.8, 4) is 131 Å². The molecule has 1 atom stereocenters. The Balaban J connectivity index is -0.0000000813. The first-order valence-corrected chi connectivity index (χ1v) is 12.4. The van der Waals surface area contributed by atoms with E-state index in [0.717, 1.165) is 0 Å².